The van der Waals surface area contributed by atoms with Crippen molar-refractivity contribution in [3.63, 3.8) is 0 Å². The van der Waals surface area contributed by atoms with Crippen LogP contribution in [0.25, 0.3) is 0 Å². The van der Waals surface area contributed by atoms with E-state index in [1.807, 2.05) is 37.3 Å². The van der Waals surface area contributed by atoms with Gasteiger partial charge in [0.05, 0.1) is 0 Å². The Morgan fingerprint density at radius 2 is 1.72 bits per heavy atom. The van der Waals surface area contributed by atoms with Crippen LogP contribution in [0.4, 0.5) is 9.59 Å². The van der Waals surface area contributed by atoms with Gasteiger partial charge in [-0.2, -0.15) is 0 Å². The Morgan fingerprint density at radius 1 is 1.06 bits per heavy atom. The smallest absolute Gasteiger partial charge is 0.410 e. The Hall–Kier alpha value is -3.56. The molecule has 0 saturated carbocycles. The Bertz CT molecular complexity index is 905. The van der Waals surface area contributed by atoms with E-state index >= 15 is 0 Å². The molecule has 0 spiro atoms. The topological polar surface area (TPSA) is 139 Å². The second-order valence-electron chi connectivity index (χ2n) is 7.86. The predicted octanol–water partition coefficient (Wildman–Crippen LogP) is 1.51. The molecule has 2 saturated heterocycles. The van der Waals surface area contributed by atoms with Gasteiger partial charge in [-0.3, -0.25) is 19.4 Å². The molecule has 0 unspecified atom stereocenters. The van der Waals surface area contributed by atoms with E-state index in [9.17, 15) is 19.2 Å². The molecule has 0 aromatic heterocycles. The molecule has 1 aromatic carbocycles. The summed E-state index contributed by atoms with van der Waals surface area (Å²) in [7, 11) is 0. The number of ether oxygens (including phenoxy) is 1. The third-order valence-corrected chi connectivity index (χ3v) is 5.65. The number of piperidine rings is 1. The molecule has 4 N–H and O–H groups in total. The first-order valence-corrected chi connectivity index (χ1v) is 10.7. The summed E-state index contributed by atoms with van der Waals surface area (Å²) in [5.74, 6) is -1.94. The zero-order valence-corrected chi connectivity index (χ0v) is 18.2. The molecule has 0 bridgehead atoms. The number of carbonyl (C=O) groups excluding carboxylic acids is 4. The van der Waals surface area contributed by atoms with Crippen LogP contribution in [-0.4, -0.2) is 64.3 Å². The second kappa shape index (κ2) is 10.2. The summed E-state index contributed by atoms with van der Waals surface area (Å²) in [5, 5.41) is 0. The minimum absolute atomic E-state index is 0.168. The van der Waals surface area contributed by atoms with E-state index in [0.717, 1.165) is 21.8 Å². The Morgan fingerprint density at radius 3 is 2.31 bits per heavy atom. The zero-order chi connectivity index (χ0) is 23.3. The molecule has 3 rings (SSSR count). The van der Waals surface area contributed by atoms with Crippen LogP contribution in [0.5, 0.6) is 0 Å². The summed E-state index contributed by atoms with van der Waals surface area (Å²) in [6.45, 7) is 2.91. The van der Waals surface area contributed by atoms with Gasteiger partial charge in [0.25, 0.3) is 11.8 Å². The second-order valence-corrected chi connectivity index (χ2v) is 7.86. The maximum atomic E-state index is 13.0. The van der Waals surface area contributed by atoms with Crippen LogP contribution in [-0.2, 0) is 20.9 Å². The largest absolute Gasteiger partial charge is 0.445 e. The number of rotatable bonds is 6. The van der Waals surface area contributed by atoms with Crippen LogP contribution >= 0.6 is 0 Å². The number of unbranched alkanes of at least 4 members (excludes halogenated alkanes) is 1. The lowest BCUT2D eigenvalue weighted by atomic mass is 10.0. The number of imide groups is 2. The Labute approximate surface area is 186 Å². The molecular weight excluding hydrogens is 414 g/mol. The van der Waals surface area contributed by atoms with Crippen molar-refractivity contribution < 1.29 is 23.9 Å². The lowest BCUT2D eigenvalue weighted by Gasteiger charge is -2.41. The molecule has 32 heavy (non-hydrogen) atoms. The van der Waals surface area contributed by atoms with Crippen LogP contribution in [0.3, 0.4) is 0 Å². The average molecular weight is 444 g/mol. The Kier molecular flexibility index (Phi) is 7.34. The highest BCUT2D eigenvalue weighted by molar-refractivity contribution is 6.29. The first kappa shape index (κ1) is 23.1. The van der Waals surface area contributed by atoms with E-state index < -0.39 is 35.8 Å². The lowest BCUT2D eigenvalue weighted by Crippen LogP contribution is -2.62. The zero-order valence-electron chi connectivity index (χ0n) is 18.2. The first-order valence-electron chi connectivity index (χ1n) is 10.7. The van der Waals surface area contributed by atoms with Gasteiger partial charge in [0.2, 0.25) is 0 Å². The number of urea groups is 1. The molecular formula is C22H29N5O5. The maximum Gasteiger partial charge on any atom is 0.410 e. The van der Waals surface area contributed by atoms with Crippen LogP contribution in [0, 0.1) is 0 Å². The summed E-state index contributed by atoms with van der Waals surface area (Å²) >= 11 is 0. The first-order chi connectivity index (χ1) is 15.3. The summed E-state index contributed by atoms with van der Waals surface area (Å²) < 4.78 is 5.36. The third-order valence-electron chi connectivity index (χ3n) is 5.65. The summed E-state index contributed by atoms with van der Waals surface area (Å²) in [6, 6.07) is 8.22. The summed E-state index contributed by atoms with van der Waals surface area (Å²) in [6.07, 6.45) is 1.65. The lowest BCUT2D eigenvalue weighted by molar-refractivity contribution is -0.138. The number of hydrogen-bond acceptors (Lipinski definition) is 7. The highest BCUT2D eigenvalue weighted by atomic mass is 16.6. The number of nitrogens with two attached hydrogens (primary N) is 2. The minimum atomic E-state index is -0.780. The normalized spacial score (nSPS) is 17.7. The standard InChI is InChI=1S/C22H29N5O5/c1-2-3-11-26-19(28)17(18(23)24)20(29)27(21(26)30)16-9-12-25(13-10-16)22(31)32-14-15-7-5-4-6-8-15/h4-8,16H,2-3,9-14,23-24H2,1H3. The Balaban J connectivity index is 1.65. The maximum absolute atomic E-state index is 13.0. The SMILES string of the molecule is CCCCN1C(=O)C(=C(N)N)C(=O)N(C2CCN(C(=O)OCc3ccccc3)CC2)C1=O. The fraction of sp³-hybridized carbons (Fsp3) is 0.455. The van der Waals surface area contributed by atoms with Gasteiger partial charge in [0, 0.05) is 25.7 Å². The van der Waals surface area contributed by atoms with E-state index in [1.165, 1.54) is 0 Å². The van der Waals surface area contributed by atoms with E-state index in [2.05, 4.69) is 0 Å². The van der Waals surface area contributed by atoms with Gasteiger partial charge < -0.3 is 21.1 Å². The van der Waals surface area contributed by atoms with Crippen molar-refractivity contribution in [2.45, 2.75) is 45.3 Å². The van der Waals surface area contributed by atoms with Gasteiger partial charge in [-0.25, -0.2) is 9.59 Å². The molecule has 2 fully saturated rings. The molecule has 2 aliphatic heterocycles. The molecule has 2 aliphatic rings. The van der Waals surface area contributed by atoms with Crippen molar-refractivity contribution in [2.75, 3.05) is 19.6 Å². The molecule has 5 amide bonds. The fourth-order valence-corrected chi connectivity index (χ4v) is 3.85. The number of benzene rings is 1. The number of likely N-dealkylation sites (tertiary alicyclic amines) is 1. The van der Waals surface area contributed by atoms with Gasteiger partial charge in [-0.1, -0.05) is 43.7 Å². The molecule has 0 atom stereocenters. The van der Waals surface area contributed by atoms with Gasteiger partial charge in [0.1, 0.15) is 18.0 Å². The summed E-state index contributed by atoms with van der Waals surface area (Å²) in [4.78, 5) is 54.6. The quantitative estimate of drug-likeness (QED) is 0.502. The van der Waals surface area contributed by atoms with Crippen LogP contribution < -0.4 is 11.5 Å². The number of barbiturate groups is 1. The van der Waals surface area contributed by atoms with E-state index in [1.54, 1.807) is 4.90 Å². The number of amides is 5. The van der Waals surface area contributed by atoms with E-state index in [-0.39, 0.29) is 18.7 Å². The monoisotopic (exact) mass is 443 g/mol. The van der Waals surface area contributed by atoms with Crippen LogP contribution in [0.1, 0.15) is 38.2 Å². The van der Waals surface area contributed by atoms with Gasteiger partial charge in [-0.05, 0) is 24.8 Å². The van der Waals surface area contributed by atoms with E-state index in [4.69, 9.17) is 16.2 Å². The van der Waals surface area contributed by atoms with Crippen molar-refractivity contribution in [2.24, 2.45) is 11.5 Å². The molecule has 0 aliphatic carbocycles. The third kappa shape index (κ3) is 4.84. The van der Waals surface area contributed by atoms with Crippen molar-refractivity contribution in [3.05, 3.63) is 47.3 Å². The van der Waals surface area contributed by atoms with Crippen LogP contribution in [0.15, 0.2) is 41.7 Å². The number of nitrogens with zero attached hydrogens (tertiary/aromatic N) is 3. The highest BCUT2D eigenvalue weighted by Crippen LogP contribution is 2.26. The molecule has 172 valence electrons. The fourth-order valence-electron chi connectivity index (χ4n) is 3.85. The molecule has 10 heteroatoms. The van der Waals surface area contributed by atoms with Crippen molar-refractivity contribution in [3.8, 4) is 0 Å². The van der Waals surface area contributed by atoms with Crippen molar-refractivity contribution in [1.82, 2.24) is 14.7 Å². The molecule has 2 heterocycles. The van der Waals surface area contributed by atoms with Crippen LogP contribution in [0.2, 0.25) is 0 Å². The number of carbonyl (C=O) groups is 4. The van der Waals surface area contributed by atoms with E-state index in [0.29, 0.717) is 32.4 Å². The highest BCUT2D eigenvalue weighted by Gasteiger charge is 2.46. The summed E-state index contributed by atoms with van der Waals surface area (Å²) in [5.41, 5.74) is 11.7. The molecule has 0 radical (unpaired) electrons. The van der Waals surface area contributed by atoms with Crippen molar-refractivity contribution >= 4 is 23.9 Å². The predicted molar refractivity (Wildman–Crippen MR) is 115 cm³/mol. The molecule has 1 aromatic rings. The average Bonchev–Trinajstić information content (AvgIpc) is 2.78. The minimum Gasteiger partial charge on any atom is -0.445 e. The van der Waals surface area contributed by atoms with Crippen molar-refractivity contribution in [1.29, 1.82) is 0 Å². The molecule has 10 nitrogen and oxygen atoms in total. The van der Waals surface area contributed by atoms with Gasteiger partial charge >= 0.3 is 12.1 Å². The van der Waals surface area contributed by atoms with Gasteiger partial charge in [-0.15, -0.1) is 0 Å². The number of hydrogen-bond donors (Lipinski definition) is 2. The van der Waals surface area contributed by atoms with Gasteiger partial charge in [0.15, 0.2) is 0 Å².